The molecule has 0 saturated carbocycles. The normalized spacial score (nSPS) is 15.8. The van der Waals surface area contributed by atoms with E-state index in [2.05, 4.69) is 27.7 Å². The van der Waals surface area contributed by atoms with Crippen molar-refractivity contribution in [2.45, 2.75) is 32.4 Å². The number of carbonyl (C=O) groups is 2. The Labute approximate surface area is 190 Å². The number of hydrogen-bond acceptors (Lipinski definition) is 5. The molecule has 2 N–H and O–H groups in total. The minimum absolute atomic E-state index is 0.0248. The molecule has 0 atom stereocenters. The van der Waals surface area contributed by atoms with Crippen LogP contribution in [0.4, 0.5) is 0 Å². The molecule has 0 spiro atoms. The lowest BCUT2D eigenvalue weighted by atomic mass is 10.1. The van der Waals surface area contributed by atoms with Crippen molar-refractivity contribution in [3.05, 3.63) is 65.2 Å². The predicted octanol–water partition coefficient (Wildman–Crippen LogP) is 2.74. The van der Waals surface area contributed by atoms with Gasteiger partial charge in [-0.1, -0.05) is 36.4 Å². The van der Waals surface area contributed by atoms with Gasteiger partial charge in [0.25, 0.3) is 5.91 Å². The van der Waals surface area contributed by atoms with Crippen LogP contribution in [0.1, 0.15) is 40.7 Å². The standard InChI is InChI=1S/C25H33N3O4/c1-31-15-13-27-25(30)21-10-11-22-18-28(17-20-8-4-2-5-9-20)19-24(29)26-12-6-3-7-14-32-23(22)16-21/h2,4-5,8-11,16H,3,6-7,12-15,17-19H2,1H3,(H,26,29)(H,27,30). The summed E-state index contributed by atoms with van der Waals surface area (Å²) in [5, 5.41) is 5.87. The van der Waals surface area contributed by atoms with E-state index in [-0.39, 0.29) is 11.8 Å². The summed E-state index contributed by atoms with van der Waals surface area (Å²) in [6.45, 7) is 3.66. The molecule has 3 rings (SSSR count). The van der Waals surface area contributed by atoms with Crippen molar-refractivity contribution >= 4 is 11.8 Å². The van der Waals surface area contributed by atoms with Crippen LogP contribution in [0.2, 0.25) is 0 Å². The number of amides is 2. The van der Waals surface area contributed by atoms with Crippen molar-refractivity contribution in [3.8, 4) is 5.75 Å². The van der Waals surface area contributed by atoms with E-state index in [1.807, 2.05) is 30.3 Å². The fourth-order valence-electron chi connectivity index (χ4n) is 3.65. The first kappa shape index (κ1) is 23.8. The molecule has 1 heterocycles. The Morgan fingerprint density at radius 1 is 1.12 bits per heavy atom. The zero-order valence-corrected chi connectivity index (χ0v) is 18.8. The summed E-state index contributed by atoms with van der Waals surface area (Å²) in [6, 6.07) is 15.6. The molecule has 2 aromatic rings. The van der Waals surface area contributed by atoms with E-state index in [1.54, 1.807) is 13.2 Å². The van der Waals surface area contributed by atoms with Crippen molar-refractivity contribution in [2.75, 3.05) is 40.0 Å². The Kier molecular flexibility index (Phi) is 9.53. The average Bonchev–Trinajstić information content (AvgIpc) is 2.81. The molecule has 32 heavy (non-hydrogen) atoms. The van der Waals surface area contributed by atoms with Crippen LogP contribution in [0.5, 0.6) is 5.75 Å². The second-order valence-electron chi connectivity index (χ2n) is 7.96. The van der Waals surface area contributed by atoms with E-state index >= 15 is 0 Å². The number of benzene rings is 2. The van der Waals surface area contributed by atoms with Crippen molar-refractivity contribution in [3.63, 3.8) is 0 Å². The van der Waals surface area contributed by atoms with Crippen LogP contribution in [0.3, 0.4) is 0 Å². The number of rotatable bonds is 6. The second kappa shape index (κ2) is 12.8. The molecule has 0 unspecified atom stereocenters. The van der Waals surface area contributed by atoms with Crippen molar-refractivity contribution in [1.82, 2.24) is 15.5 Å². The van der Waals surface area contributed by atoms with E-state index in [1.165, 1.54) is 0 Å². The van der Waals surface area contributed by atoms with E-state index in [0.29, 0.717) is 57.3 Å². The maximum Gasteiger partial charge on any atom is 0.251 e. The Bertz CT molecular complexity index is 873. The van der Waals surface area contributed by atoms with Gasteiger partial charge in [0.15, 0.2) is 0 Å². The van der Waals surface area contributed by atoms with Gasteiger partial charge in [-0.25, -0.2) is 0 Å². The summed E-state index contributed by atoms with van der Waals surface area (Å²) in [7, 11) is 1.60. The Morgan fingerprint density at radius 2 is 1.97 bits per heavy atom. The molecule has 2 aromatic carbocycles. The van der Waals surface area contributed by atoms with Gasteiger partial charge < -0.3 is 20.1 Å². The summed E-state index contributed by atoms with van der Waals surface area (Å²) in [6.07, 6.45) is 2.79. The van der Waals surface area contributed by atoms with Gasteiger partial charge in [-0.05, 0) is 37.0 Å². The fraction of sp³-hybridized carbons (Fsp3) is 0.440. The zero-order valence-electron chi connectivity index (χ0n) is 18.8. The summed E-state index contributed by atoms with van der Waals surface area (Å²) < 4.78 is 11.1. The van der Waals surface area contributed by atoms with Crippen LogP contribution in [-0.4, -0.2) is 56.7 Å². The molecule has 0 fully saturated rings. The summed E-state index contributed by atoms with van der Waals surface area (Å²) in [5.41, 5.74) is 2.65. The fourth-order valence-corrected chi connectivity index (χ4v) is 3.65. The first-order chi connectivity index (χ1) is 15.7. The average molecular weight is 440 g/mol. The van der Waals surface area contributed by atoms with Gasteiger partial charge in [0, 0.05) is 44.4 Å². The lowest BCUT2D eigenvalue weighted by molar-refractivity contribution is -0.122. The largest absolute Gasteiger partial charge is 0.493 e. The van der Waals surface area contributed by atoms with E-state index in [0.717, 1.165) is 30.4 Å². The lowest BCUT2D eigenvalue weighted by Gasteiger charge is -2.23. The van der Waals surface area contributed by atoms with Crippen molar-refractivity contribution in [1.29, 1.82) is 0 Å². The molecule has 2 amide bonds. The zero-order chi connectivity index (χ0) is 22.6. The van der Waals surface area contributed by atoms with Crippen molar-refractivity contribution < 1.29 is 19.1 Å². The van der Waals surface area contributed by atoms with Crippen LogP contribution >= 0.6 is 0 Å². The van der Waals surface area contributed by atoms with Gasteiger partial charge in [0.05, 0.1) is 19.8 Å². The van der Waals surface area contributed by atoms with Crippen LogP contribution < -0.4 is 15.4 Å². The van der Waals surface area contributed by atoms with Gasteiger partial charge >= 0.3 is 0 Å². The molecule has 1 aliphatic rings. The minimum atomic E-state index is -0.156. The molecule has 7 nitrogen and oxygen atoms in total. The third-order valence-corrected chi connectivity index (χ3v) is 5.33. The first-order valence-corrected chi connectivity index (χ1v) is 11.2. The molecule has 1 aliphatic heterocycles. The summed E-state index contributed by atoms with van der Waals surface area (Å²) >= 11 is 0. The first-order valence-electron chi connectivity index (χ1n) is 11.2. The quantitative estimate of drug-likeness (QED) is 0.677. The van der Waals surface area contributed by atoms with Crippen LogP contribution in [0.25, 0.3) is 0 Å². The van der Waals surface area contributed by atoms with E-state index in [4.69, 9.17) is 9.47 Å². The lowest BCUT2D eigenvalue weighted by Crippen LogP contribution is -2.37. The maximum absolute atomic E-state index is 12.5. The third-order valence-electron chi connectivity index (χ3n) is 5.33. The molecule has 7 heteroatoms. The number of hydrogen-bond donors (Lipinski definition) is 2. The molecule has 172 valence electrons. The molecule has 0 bridgehead atoms. The number of methoxy groups -OCH3 is 1. The van der Waals surface area contributed by atoms with Gasteiger partial charge in [0.2, 0.25) is 5.91 Å². The highest BCUT2D eigenvalue weighted by atomic mass is 16.5. The number of ether oxygens (including phenoxy) is 2. The maximum atomic E-state index is 12.5. The third kappa shape index (κ3) is 7.66. The number of fused-ring (bicyclic) bond motifs is 1. The molecular formula is C25H33N3O4. The number of nitrogens with one attached hydrogen (secondary N) is 2. The van der Waals surface area contributed by atoms with Gasteiger partial charge in [-0.2, -0.15) is 0 Å². The van der Waals surface area contributed by atoms with Crippen LogP contribution in [0.15, 0.2) is 48.5 Å². The van der Waals surface area contributed by atoms with Crippen LogP contribution in [-0.2, 0) is 22.6 Å². The SMILES string of the molecule is COCCNC(=O)c1ccc2c(c1)OCCCCCNC(=O)CN(Cc1ccccc1)C2. The Balaban J connectivity index is 1.82. The number of nitrogens with zero attached hydrogens (tertiary/aromatic N) is 1. The Morgan fingerprint density at radius 3 is 2.78 bits per heavy atom. The predicted molar refractivity (Wildman–Crippen MR) is 124 cm³/mol. The van der Waals surface area contributed by atoms with E-state index in [9.17, 15) is 9.59 Å². The molecule has 0 aromatic heterocycles. The van der Waals surface area contributed by atoms with Crippen LogP contribution in [0, 0.1) is 0 Å². The molecule has 0 saturated heterocycles. The topological polar surface area (TPSA) is 79.9 Å². The summed E-state index contributed by atoms with van der Waals surface area (Å²) in [5.74, 6) is 0.566. The monoisotopic (exact) mass is 439 g/mol. The molecule has 0 aliphatic carbocycles. The van der Waals surface area contributed by atoms with Crippen molar-refractivity contribution in [2.24, 2.45) is 0 Å². The molecular weight excluding hydrogens is 406 g/mol. The van der Waals surface area contributed by atoms with E-state index < -0.39 is 0 Å². The van der Waals surface area contributed by atoms with Gasteiger partial charge in [-0.15, -0.1) is 0 Å². The summed E-state index contributed by atoms with van der Waals surface area (Å²) in [4.78, 5) is 27.1. The number of carbonyl (C=O) groups excluding carboxylic acids is 2. The Hall–Kier alpha value is -2.90. The second-order valence-corrected chi connectivity index (χ2v) is 7.96. The van der Waals surface area contributed by atoms with Gasteiger partial charge in [0.1, 0.15) is 5.75 Å². The highest BCUT2D eigenvalue weighted by Gasteiger charge is 2.17. The smallest absolute Gasteiger partial charge is 0.251 e. The molecule has 0 radical (unpaired) electrons. The minimum Gasteiger partial charge on any atom is -0.493 e. The van der Waals surface area contributed by atoms with Gasteiger partial charge in [-0.3, -0.25) is 14.5 Å². The highest BCUT2D eigenvalue weighted by Crippen LogP contribution is 2.24. The highest BCUT2D eigenvalue weighted by molar-refractivity contribution is 5.94.